The van der Waals surface area contributed by atoms with Gasteiger partial charge < -0.3 is 52.9 Å². The molecule has 55 heavy (non-hydrogen) atoms. The van der Waals surface area contributed by atoms with Crippen LogP contribution in [0.2, 0.25) is 0 Å². The van der Waals surface area contributed by atoms with Gasteiger partial charge in [0.2, 0.25) is 17.8 Å². The lowest BCUT2D eigenvalue weighted by molar-refractivity contribution is 0.102. The second kappa shape index (κ2) is 17.9. The molecule has 0 saturated carbocycles. The SMILES string of the molecule is CC(N)CNc1nc(NCC(C)N)nc(Nc2cccc(C(=O)Nc3ccc4c(O)c(NNc5ccc(OCCN(C)C)cc5)c(S(=O)(=O)O)cc4c3)c2)n1. The van der Waals surface area contributed by atoms with Crippen molar-refractivity contribution in [3.05, 3.63) is 78.4 Å². The number of amides is 1. The summed E-state index contributed by atoms with van der Waals surface area (Å²) in [6, 6.07) is 19.0. The molecule has 12 N–H and O–H groups in total. The predicted octanol–water partition coefficient (Wildman–Crippen LogP) is 3.87. The summed E-state index contributed by atoms with van der Waals surface area (Å²) in [6.07, 6.45) is 0. The molecule has 2 atom stereocenters. The van der Waals surface area contributed by atoms with Gasteiger partial charge in [0.15, 0.2) is 0 Å². The van der Waals surface area contributed by atoms with E-state index >= 15 is 0 Å². The average molecular weight is 775 g/mol. The Morgan fingerprint density at radius 3 is 2.09 bits per heavy atom. The van der Waals surface area contributed by atoms with E-state index in [4.69, 9.17) is 16.2 Å². The molecule has 0 aliphatic rings. The lowest BCUT2D eigenvalue weighted by Crippen LogP contribution is -2.27. The molecule has 0 radical (unpaired) electrons. The summed E-state index contributed by atoms with van der Waals surface area (Å²) in [4.78, 5) is 28.0. The number of hydrazine groups is 1. The molecule has 0 aliphatic carbocycles. The van der Waals surface area contributed by atoms with Crippen LogP contribution in [0.5, 0.6) is 11.5 Å². The topological polar surface area (TPSA) is 267 Å². The third kappa shape index (κ3) is 11.5. The molecule has 5 aromatic rings. The van der Waals surface area contributed by atoms with Crippen LogP contribution in [0.15, 0.2) is 77.7 Å². The summed E-state index contributed by atoms with van der Waals surface area (Å²) in [5.74, 6) is 0.518. The molecule has 1 amide bonds. The number of carbonyl (C=O) groups is 1. The van der Waals surface area contributed by atoms with Crippen molar-refractivity contribution >= 4 is 67.4 Å². The van der Waals surface area contributed by atoms with E-state index in [2.05, 4.69) is 47.1 Å². The first-order valence-corrected chi connectivity index (χ1v) is 18.7. The summed E-state index contributed by atoms with van der Waals surface area (Å²) in [5, 5.41) is 23.7. The Hall–Kier alpha value is -5.99. The first-order valence-electron chi connectivity index (χ1n) is 17.2. The molecule has 19 heteroatoms. The molecule has 0 aliphatic heterocycles. The third-order valence-corrected chi connectivity index (χ3v) is 8.66. The molecule has 1 heterocycles. The molecule has 0 saturated heterocycles. The van der Waals surface area contributed by atoms with Gasteiger partial charge in [0, 0.05) is 54.0 Å². The number of aromatic hydroxyl groups is 1. The molecule has 292 valence electrons. The highest BCUT2D eigenvalue weighted by Crippen LogP contribution is 2.39. The van der Waals surface area contributed by atoms with Crippen LogP contribution < -0.4 is 48.3 Å². The molecule has 1 aromatic heterocycles. The standard InChI is InChI=1S/C36H46N12O6S/c1-21(37)19-39-34-43-35(40-20-22(2)38)45-36(44-34)42-26-7-5-6-23(16-26)33(50)41-27-10-13-29-24(17-27)18-30(55(51,52)53)31(32(29)49)47-46-25-8-11-28(12-9-25)54-15-14-48(3)4/h5-13,16-18,21-22,46-47,49H,14-15,19-20,37-38H2,1-4H3,(H,41,50)(H,51,52,53)(H3,39,40,42,43,44,45). The molecule has 4 aromatic carbocycles. The maximum atomic E-state index is 13.4. The Morgan fingerprint density at radius 2 is 1.47 bits per heavy atom. The van der Waals surface area contributed by atoms with Crippen LogP contribution in [0.25, 0.3) is 10.8 Å². The number of anilines is 7. The second-order valence-corrected chi connectivity index (χ2v) is 14.5. The highest BCUT2D eigenvalue weighted by atomic mass is 32.2. The average Bonchev–Trinajstić information content (AvgIpc) is 3.12. The number of phenolic OH excluding ortho intramolecular Hbond substituents is 1. The molecule has 0 bridgehead atoms. The zero-order valence-electron chi connectivity index (χ0n) is 30.8. The van der Waals surface area contributed by atoms with Gasteiger partial charge in [0.25, 0.3) is 16.0 Å². The number of rotatable bonds is 18. The number of likely N-dealkylation sites (N-methyl/N-ethyl adjacent to an activating group) is 1. The van der Waals surface area contributed by atoms with Gasteiger partial charge >= 0.3 is 0 Å². The lowest BCUT2D eigenvalue weighted by atomic mass is 10.1. The number of carbonyl (C=O) groups excluding carboxylic acids is 1. The minimum Gasteiger partial charge on any atom is -0.505 e. The molecular weight excluding hydrogens is 729 g/mol. The maximum absolute atomic E-state index is 13.4. The number of phenols is 1. The van der Waals surface area contributed by atoms with Crippen LogP contribution in [0, 0.1) is 0 Å². The molecule has 0 spiro atoms. The number of nitrogens with zero attached hydrogens (tertiary/aromatic N) is 4. The largest absolute Gasteiger partial charge is 0.505 e. The van der Waals surface area contributed by atoms with Gasteiger partial charge in [-0.3, -0.25) is 14.8 Å². The fourth-order valence-electron chi connectivity index (χ4n) is 5.04. The third-order valence-electron chi connectivity index (χ3n) is 7.79. The molecular formula is C36H46N12O6S. The van der Waals surface area contributed by atoms with Gasteiger partial charge in [0.05, 0.1) is 5.69 Å². The Labute approximate surface area is 318 Å². The van der Waals surface area contributed by atoms with Crippen LogP contribution in [-0.4, -0.2) is 96.3 Å². The number of hydrogen-bond donors (Lipinski definition) is 10. The van der Waals surface area contributed by atoms with E-state index < -0.39 is 26.7 Å². The van der Waals surface area contributed by atoms with Crippen LogP contribution in [0.4, 0.5) is 40.6 Å². The van der Waals surface area contributed by atoms with Gasteiger partial charge in [0.1, 0.15) is 28.7 Å². The van der Waals surface area contributed by atoms with Crippen molar-refractivity contribution in [3.63, 3.8) is 0 Å². The highest BCUT2D eigenvalue weighted by Gasteiger charge is 2.22. The van der Waals surface area contributed by atoms with Crippen molar-refractivity contribution in [1.29, 1.82) is 0 Å². The van der Waals surface area contributed by atoms with Crippen molar-refractivity contribution in [3.8, 4) is 11.5 Å². The normalized spacial score (nSPS) is 12.5. The number of nitrogens with one attached hydrogen (secondary N) is 6. The maximum Gasteiger partial charge on any atom is 0.296 e. The molecule has 18 nitrogen and oxygen atoms in total. The zero-order chi connectivity index (χ0) is 39.7. The zero-order valence-corrected chi connectivity index (χ0v) is 31.6. The number of hydrogen-bond acceptors (Lipinski definition) is 16. The summed E-state index contributed by atoms with van der Waals surface area (Å²) >= 11 is 0. The smallest absolute Gasteiger partial charge is 0.296 e. The van der Waals surface area contributed by atoms with Crippen molar-refractivity contribution in [2.24, 2.45) is 11.5 Å². The minimum absolute atomic E-state index is 0.146. The van der Waals surface area contributed by atoms with Crippen LogP contribution in [0.1, 0.15) is 24.2 Å². The van der Waals surface area contributed by atoms with Gasteiger partial charge in [-0.1, -0.05) is 6.07 Å². The first kappa shape index (κ1) is 40.2. The predicted molar refractivity (Wildman–Crippen MR) is 215 cm³/mol. The second-order valence-electron chi connectivity index (χ2n) is 13.1. The van der Waals surface area contributed by atoms with Crippen molar-refractivity contribution in [1.82, 2.24) is 19.9 Å². The Kier molecular flexibility index (Phi) is 13.1. The van der Waals surface area contributed by atoms with Gasteiger partial charge in [-0.05, 0) is 100 Å². The van der Waals surface area contributed by atoms with Crippen LogP contribution in [0.3, 0.4) is 0 Å². The summed E-state index contributed by atoms with van der Waals surface area (Å²) in [7, 11) is -0.927. The Bertz CT molecular complexity index is 2190. The van der Waals surface area contributed by atoms with E-state index in [1.807, 2.05) is 32.8 Å². The van der Waals surface area contributed by atoms with Crippen molar-refractivity contribution < 1.29 is 27.6 Å². The number of aromatic nitrogens is 3. The van der Waals surface area contributed by atoms with Gasteiger partial charge in [-0.2, -0.15) is 23.4 Å². The summed E-state index contributed by atoms with van der Waals surface area (Å²) in [5.41, 5.74) is 18.7. The Morgan fingerprint density at radius 1 is 0.836 bits per heavy atom. The molecule has 5 rings (SSSR count). The van der Waals surface area contributed by atoms with Crippen LogP contribution >= 0.6 is 0 Å². The number of ether oxygens (including phenoxy) is 1. The lowest BCUT2D eigenvalue weighted by Gasteiger charge is -2.17. The quantitative estimate of drug-likeness (QED) is 0.0344. The van der Waals surface area contributed by atoms with Crippen molar-refractivity contribution in [2.45, 2.75) is 30.8 Å². The minimum atomic E-state index is -4.82. The van der Waals surface area contributed by atoms with E-state index in [1.165, 1.54) is 18.2 Å². The van der Waals surface area contributed by atoms with E-state index in [-0.39, 0.29) is 40.1 Å². The van der Waals surface area contributed by atoms with Gasteiger partial charge in [-0.15, -0.1) is 0 Å². The van der Waals surface area contributed by atoms with Crippen molar-refractivity contribution in [2.75, 3.05) is 72.5 Å². The highest BCUT2D eigenvalue weighted by molar-refractivity contribution is 7.86. The van der Waals surface area contributed by atoms with Crippen LogP contribution in [-0.2, 0) is 10.1 Å². The first-order chi connectivity index (χ1) is 26.1. The van der Waals surface area contributed by atoms with E-state index in [0.717, 1.165) is 6.54 Å². The Balaban J connectivity index is 1.32. The van der Waals surface area contributed by atoms with E-state index in [1.54, 1.807) is 54.6 Å². The number of benzene rings is 4. The summed E-state index contributed by atoms with van der Waals surface area (Å²) < 4.78 is 40.7. The summed E-state index contributed by atoms with van der Waals surface area (Å²) in [6.45, 7) is 5.79. The van der Waals surface area contributed by atoms with Gasteiger partial charge in [-0.25, -0.2) is 0 Å². The number of nitrogens with two attached hydrogens (primary N) is 2. The fraction of sp³-hybridized carbons (Fsp3) is 0.278. The van der Waals surface area contributed by atoms with E-state index in [9.17, 15) is 22.9 Å². The molecule has 0 fully saturated rings. The van der Waals surface area contributed by atoms with E-state index in [0.29, 0.717) is 54.4 Å². The molecule has 2 unspecified atom stereocenters. The number of fused-ring (bicyclic) bond motifs is 1. The fourth-order valence-corrected chi connectivity index (χ4v) is 5.73. The monoisotopic (exact) mass is 774 g/mol.